The Morgan fingerprint density at radius 3 is 2.54 bits per heavy atom. The van der Waals surface area contributed by atoms with E-state index in [1.807, 2.05) is 37.3 Å². The number of nitrogens with one attached hydrogen (secondary N) is 1. The predicted molar refractivity (Wildman–Crippen MR) is 92.5 cm³/mol. The maximum absolute atomic E-state index is 12.8. The molecule has 0 aliphatic heterocycles. The highest BCUT2D eigenvalue weighted by atomic mass is 16.3. The average Bonchev–Trinajstić information content (AvgIpc) is 3.03. The van der Waals surface area contributed by atoms with Crippen molar-refractivity contribution < 1.29 is 14.0 Å². The van der Waals surface area contributed by atoms with Crippen LogP contribution in [0.5, 0.6) is 0 Å². The van der Waals surface area contributed by atoms with Gasteiger partial charge in [0, 0.05) is 26.1 Å². The Bertz CT molecular complexity index is 664. The van der Waals surface area contributed by atoms with Gasteiger partial charge in [-0.25, -0.2) is 0 Å². The maximum atomic E-state index is 12.8. The molecule has 0 unspecified atom stereocenters. The molecule has 128 valence electrons. The SMILES string of the molecule is CCCNC(=O)CCN(Cc1ccccc1)C(=O)c1ccoc1C. The molecule has 24 heavy (non-hydrogen) atoms. The summed E-state index contributed by atoms with van der Waals surface area (Å²) >= 11 is 0. The van der Waals surface area contributed by atoms with Crippen LogP contribution in [-0.2, 0) is 11.3 Å². The fraction of sp³-hybridized carbons (Fsp3) is 0.368. The molecule has 5 nitrogen and oxygen atoms in total. The summed E-state index contributed by atoms with van der Waals surface area (Å²) in [5, 5.41) is 2.84. The lowest BCUT2D eigenvalue weighted by molar-refractivity contribution is -0.121. The number of rotatable bonds is 8. The number of nitrogens with zero attached hydrogens (tertiary/aromatic N) is 1. The fourth-order valence-electron chi connectivity index (χ4n) is 2.42. The molecule has 1 N–H and O–H groups in total. The molecule has 0 aliphatic rings. The van der Waals surface area contributed by atoms with Crippen LogP contribution >= 0.6 is 0 Å². The van der Waals surface area contributed by atoms with Crippen LogP contribution in [0.4, 0.5) is 0 Å². The van der Waals surface area contributed by atoms with E-state index in [0.29, 0.717) is 31.0 Å². The smallest absolute Gasteiger partial charge is 0.257 e. The predicted octanol–water partition coefficient (Wildman–Crippen LogP) is 3.15. The van der Waals surface area contributed by atoms with Gasteiger partial charge >= 0.3 is 0 Å². The minimum Gasteiger partial charge on any atom is -0.469 e. The molecule has 0 atom stereocenters. The lowest BCUT2D eigenvalue weighted by Gasteiger charge is -2.22. The normalized spacial score (nSPS) is 10.4. The Morgan fingerprint density at radius 1 is 1.17 bits per heavy atom. The van der Waals surface area contributed by atoms with Crippen molar-refractivity contribution in [3.05, 3.63) is 59.5 Å². The summed E-state index contributed by atoms with van der Waals surface area (Å²) in [7, 11) is 0. The molecule has 2 aromatic rings. The zero-order valence-electron chi connectivity index (χ0n) is 14.2. The van der Waals surface area contributed by atoms with Crippen LogP contribution in [0, 0.1) is 6.92 Å². The number of benzene rings is 1. The van der Waals surface area contributed by atoms with E-state index in [1.54, 1.807) is 17.9 Å². The van der Waals surface area contributed by atoms with Crippen LogP contribution < -0.4 is 5.32 Å². The Morgan fingerprint density at radius 2 is 1.92 bits per heavy atom. The molecule has 0 saturated carbocycles. The van der Waals surface area contributed by atoms with Crippen LogP contribution in [0.15, 0.2) is 47.1 Å². The molecule has 0 radical (unpaired) electrons. The molecular formula is C19H24N2O3. The van der Waals surface area contributed by atoms with Crippen LogP contribution in [-0.4, -0.2) is 29.8 Å². The van der Waals surface area contributed by atoms with Gasteiger partial charge in [0.05, 0.1) is 11.8 Å². The zero-order valence-corrected chi connectivity index (χ0v) is 14.2. The molecule has 0 saturated heterocycles. The first-order valence-corrected chi connectivity index (χ1v) is 8.25. The summed E-state index contributed by atoms with van der Waals surface area (Å²) in [5.74, 6) is 0.438. The number of carbonyl (C=O) groups is 2. The summed E-state index contributed by atoms with van der Waals surface area (Å²) in [6.45, 7) is 5.26. The average molecular weight is 328 g/mol. The molecule has 0 aliphatic carbocycles. The molecular weight excluding hydrogens is 304 g/mol. The van der Waals surface area contributed by atoms with Crippen molar-refractivity contribution in [1.29, 1.82) is 0 Å². The first-order valence-electron chi connectivity index (χ1n) is 8.25. The van der Waals surface area contributed by atoms with E-state index in [2.05, 4.69) is 5.32 Å². The number of furan rings is 1. The van der Waals surface area contributed by atoms with Gasteiger partial charge in [0.1, 0.15) is 5.76 Å². The van der Waals surface area contributed by atoms with Crippen LogP contribution in [0.3, 0.4) is 0 Å². The van der Waals surface area contributed by atoms with Gasteiger partial charge < -0.3 is 14.6 Å². The third-order valence-corrected chi connectivity index (χ3v) is 3.77. The van der Waals surface area contributed by atoms with E-state index >= 15 is 0 Å². The number of aryl methyl sites for hydroxylation is 1. The molecule has 0 bridgehead atoms. The molecule has 0 spiro atoms. The second kappa shape index (κ2) is 8.91. The molecule has 1 aromatic carbocycles. The minimum atomic E-state index is -0.117. The molecule has 5 heteroatoms. The maximum Gasteiger partial charge on any atom is 0.257 e. The second-order valence-electron chi connectivity index (χ2n) is 5.70. The summed E-state index contributed by atoms with van der Waals surface area (Å²) in [6.07, 6.45) is 2.69. The third kappa shape index (κ3) is 4.98. The molecule has 1 aromatic heterocycles. The largest absolute Gasteiger partial charge is 0.469 e. The summed E-state index contributed by atoms with van der Waals surface area (Å²) in [6, 6.07) is 11.4. The van der Waals surface area contributed by atoms with E-state index < -0.39 is 0 Å². The topological polar surface area (TPSA) is 62.6 Å². The molecule has 0 fully saturated rings. The Balaban J connectivity index is 2.08. The minimum absolute atomic E-state index is 0.0355. The van der Waals surface area contributed by atoms with Gasteiger partial charge in [-0.1, -0.05) is 37.3 Å². The van der Waals surface area contributed by atoms with Crippen LogP contribution in [0.1, 0.15) is 41.4 Å². The summed E-state index contributed by atoms with van der Waals surface area (Å²) < 4.78 is 5.24. The Kier molecular flexibility index (Phi) is 6.61. The highest BCUT2D eigenvalue weighted by molar-refractivity contribution is 5.95. The zero-order chi connectivity index (χ0) is 17.4. The van der Waals surface area contributed by atoms with Crippen molar-refractivity contribution in [1.82, 2.24) is 10.2 Å². The van der Waals surface area contributed by atoms with Crippen molar-refractivity contribution >= 4 is 11.8 Å². The van der Waals surface area contributed by atoms with Gasteiger partial charge in [0.15, 0.2) is 0 Å². The first-order chi connectivity index (χ1) is 11.6. The van der Waals surface area contributed by atoms with Gasteiger partial charge in [-0.2, -0.15) is 0 Å². The van der Waals surface area contributed by atoms with Crippen LogP contribution in [0.2, 0.25) is 0 Å². The van der Waals surface area contributed by atoms with Crippen molar-refractivity contribution in [3.63, 3.8) is 0 Å². The lowest BCUT2D eigenvalue weighted by atomic mass is 10.1. The molecule has 1 heterocycles. The van der Waals surface area contributed by atoms with E-state index in [1.165, 1.54) is 6.26 Å². The van der Waals surface area contributed by atoms with E-state index in [9.17, 15) is 9.59 Å². The Labute approximate surface area is 142 Å². The second-order valence-corrected chi connectivity index (χ2v) is 5.70. The van der Waals surface area contributed by atoms with E-state index in [-0.39, 0.29) is 18.2 Å². The van der Waals surface area contributed by atoms with Gasteiger partial charge in [0.25, 0.3) is 5.91 Å². The van der Waals surface area contributed by atoms with E-state index in [4.69, 9.17) is 4.42 Å². The number of hydrogen-bond donors (Lipinski definition) is 1. The standard InChI is InChI=1S/C19H24N2O3/c1-3-11-20-18(22)9-12-21(14-16-7-5-4-6-8-16)19(23)17-10-13-24-15(17)2/h4-8,10,13H,3,9,11-12,14H2,1-2H3,(H,20,22). The Hall–Kier alpha value is -2.56. The van der Waals surface area contributed by atoms with Crippen molar-refractivity contribution in [2.75, 3.05) is 13.1 Å². The highest BCUT2D eigenvalue weighted by Crippen LogP contribution is 2.15. The van der Waals surface area contributed by atoms with E-state index in [0.717, 1.165) is 12.0 Å². The van der Waals surface area contributed by atoms with Gasteiger partial charge in [0.2, 0.25) is 5.91 Å². The molecule has 2 rings (SSSR count). The van der Waals surface area contributed by atoms with Gasteiger partial charge in [-0.05, 0) is 25.0 Å². The van der Waals surface area contributed by atoms with Crippen molar-refractivity contribution in [2.45, 2.75) is 33.2 Å². The monoisotopic (exact) mass is 328 g/mol. The highest BCUT2D eigenvalue weighted by Gasteiger charge is 2.20. The van der Waals surface area contributed by atoms with Crippen LogP contribution in [0.25, 0.3) is 0 Å². The van der Waals surface area contributed by atoms with Gasteiger partial charge in [-0.15, -0.1) is 0 Å². The van der Waals surface area contributed by atoms with Crippen molar-refractivity contribution in [3.8, 4) is 0 Å². The third-order valence-electron chi connectivity index (χ3n) is 3.77. The summed E-state index contributed by atoms with van der Waals surface area (Å²) in [4.78, 5) is 26.4. The first kappa shape index (κ1) is 17.8. The number of hydrogen-bond acceptors (Lipinski definition) is 3. The van der Waals surface area contributed by atoms with Crippen molar-refractivity contribution in [2.24, 2.45) is 0 Å². The summed E-state index contributed by atoms with van der Waals surface area (Å²) in [5.41, 5.74) is 1.57. The number of amides is 2. The quantitative estimate of drug-likeness (QED) is 0.810. The molecule has 2 amide bonds. The fourth-order valence-corrected chi connectivity index (χ4v) is 2.42. The lowest BCUT2D eigenvalue weighted by Crippen LogP contribution is -2.35. The van der Waals surface area contributed by atoms with Gasteiger partial charge in [-0.3, -0.25) is 9.59 Å². The number of carbonyl (C=O) groups excluding carboxylic acids is 2.